The third-order valence-electron chi connectivity index (χ3n) is 5.92. The van der Waals surface area contributed by atoms with Crippen LogP contribution in [0.3, 0.4) is 0 Å². The second-order valence-corrected chi connectivity index (χ2v) is 9.69. The van der Waals surface area contributed by atoms with Crippen LogP contribution >= 0.6 is 39.1 Å². The van der Waals surface area contributed by atoms with E-state index in [1.807, 2.05) is 0 Å². The maximum atomic E-state index is 12.8. The number of anilines is 1. The molecule has 1 unspecified atom stereocenters. The minimum Gasteiger partial charge on any atom is -0.449 e. The lowest BCUT2D eigenvalue weighted by Crippen LogP contribution is -2.51. The number of aromatic nitrogens is 1. The molecule has 5 N–H and O–H groups in total. The van der Waals surface area contributed by atoms with Crippen molar-refractivity contribution in [2.75, 3.05) is 31.6 Å². The molecule has 0 radical (unpaired) electrons. The lowest BCUT2D eigenvalue weighted by atomic mass is 9.66. The normalized spacial score (nSPS) is 15.9. The number of carbonyl (C=O) groups is 3. The van der Waals surface area contributed by atoms with Gasteiger partial charge in [0.25, 0.3) is 0 Å². The van der Waals surface area contributed by atoms with Crippen LogP contribution in [0, 0.1) is 5.41 Å². The summed E-state index contributed by atoms with van der Waals surface area (Å²) < 4.78 is 6.31. The van der Waals surface area contributed by atoms with E-state index in [9.17, 15) is 14.4 Å². The number of primary amides is 1. The van der Waals surface area contributed by atoms with E-state index in [2.05, 4.69) is 26.2 Å². The highest BCUT2D eigenvalue weighted by Gasteiger charge is 2.47. The highest BCUT2D eigenvalue weighted by molar-refractivity contribution is 9.10. The van der Waals surface area contributed by atoms with E-state index in [4.69, 9.17) is 39.4 Å². The first-order chi connectivity index (χ1) is 16.2. The van der Waals surface area contributed by atoms with Crippen molar-refractivity contribution in [1.82, 2.24) is 9.88 Å². The Morgan fingerprint density at radius 2 is 1.91 bits per heavy atom. The number of nitrogens with one attached hydrogen (secondary N) is 1. The van der Waals surface area contributed by atoms with E-state index in [0.717, 1.165) is 4.47 Å². The van der Waals surface area contributed by atoms with Crippen molar-refractivity contribution in [2.45, 2.75) is 18.8 Å². The first kappa shape index (κ1) is 26.2. The van der Waals surface area contributed by atoms with Gasteiger partial charge in [-0.3, -0.25) is 14.9 Å². The Labute approximate surface area is 215 Å². The molecule has 1 aliphatic heterocycles. The van der Waals surface area contributed by atoms with E-state index in [0.29, 0.717) is 37.3 Å². The standard InChI is InChI=1S/C22H24BrCl2N5O4/c23-13-4-5-16(28-11-13)29-21(33)34-12-22(6-8-30(9-7-22)17(31)10-26)18(20(27)32)14-2-1-3-15(24)19(14)25/h1-5,11,18H,6-10,12,26H2,(H2,27,32)(H,28,29,33). The molecule has 0 spiro atoms. The van der Waals surface area contributed by atoms with Gasteiger partial charge in [0.2, 0.25) is 11.8 Å². The monoisotopic (exact) mass is 571 g/mol. The van der Waals surface area contributed by atoms with E-state index < -0.39 is 23.3 Å². The summed E-state index contributed by atoms with van der Waals surface area (Å²) in [5.74, 6) is -1.45. The van der Waals surface area contributed by atoms with Crippen LogP contribution in [-0.4, -0.2) is 54.0 Å². The van der Waals surface area contributed by atoms with Crippen molar-refractivity contribution < 1.29 is 19.1 Å². The second-order valence-electron chi connectivity index (χ2n) is 7.99. The molecule has 9 nitrogen and oxygen atoms in total. The molecule has 182 valence electrons. The molecule has 1 aliphatic rings. The summed E-state index contributed by atoms with van der Waals surface area (Å²) >= 11 is 15.9. The Morgan fingerprint density at radius 1 is 1.21 bits per heavy atom. The average molecular weight is 573 g/mol. The van der Waals surface area contributed by atoms with Gasteiger partial charge in [-0.25, -0.2) is 9.78 Å². The van der Waals surface area contributed by atoms with E-state index in [1.54, 1.807) is 35.2 Å². The SMILES string of the molecule is NCC(=O)N1CCC(COC(=O)Nc2ccc(Br)cn2)(C(C(N)=O)c2cccc(Cl)c2Cl)CC1. The number of amides is 3. The zero-order valence-electron chi connectivity index (χ0n) is 18.1. The van der Waals surface area contributed by atoms with Crippen molar-refractivity contribution in [3.8, 4) is 0 Å². The van der Waals surface area contributed by atoms with Gasteiger partial charge in [0.15, 0.2) is 0 Å². The molecule has 3 amide bonds. The number of rotatable bonds is 7. The Morgan fingerprint density at radius 3 is 2.50 bits per heavy atom. The average Bonchev–Trinajstić information content (AvgIpc) is 2.82. The smallest absolute Gasteiger partial charge is 0.412 e. The largest absolute Gasteiger partial charge is 0.449 e. The van der Waals surface area contributed by atoms with Crippen LogP contribution in [0.25, 0.3) is 0 Å². The Balaban J connectivity index is 1.88. The topological polar surface area (TPSA) is 141 Å². The fourth-order valence-corrected chi connectivity index (χ4v) is 4.83. The molecule has 1 aromatic carbocycles. The molecular formula is C22H24BrCl2N5O4. The molecule has 1 atom stereocenters. The summed E-state index contributed by atoms with van der Waals surface area (Å²) in [5.41, 5.74) is 10.9. The number of pyridine rings is 1. The van der Waals surface area contributed by atoms with E-state index in [1.165, 1.54) is 6.20 Å². The zero-order valence-corrected chi connectivity index (χ0v) is 21.2. The van der Waals surface area contributed by atoms with Crippen molar-refractivity contribution >= 4 is 62.9 Å². The number of nitrogens with zero attached hydrogens (tertiary/aromatic N) is 2. The van der Waals surface area contributed by atoms with Crippen LogP contribution in [-0.2, 0) is 14.3 Å². The molecule has 0 aliphatic carbocycles. The highest BCUT2D eigenvalue weighted by Crippen LogP contribution is 2.47. The van der Waals surface area contributed by atoms with Gasteiger partial charge in [0, 0.05) is 29.2 Å². The third-order valence-corrected chi connectivity index (χ3v) is 7.23. The van der Waals surface area contributed by atoms with Gasteiger partial charge < -0.3 is 21.1 Å². The summed E-state index contributed by atoms with van der Waals surface area (Å²) in [6.07, 6.45) is 1.46. The number of hydrogen-bond acceptors (Lipinski definition) is 6. The van der Waals surface area contributed by atoms with E-state index >= 15 is 0 Å². The van der Waals surface area contributed by atoms with Crippen molar-refractivity contribution in [3.63, 3.8) is 0 Å². The van der Waals surface area contributed by atoms with Crippen LogP contribution in [0.4, 0.5) is 10.6 Å². The second kappa shape index (κ2) is 11.4. The highest BCUT2D eigenvalue weighted by atomic mass is 79.9. The zero-order chi connectivity index (χ0) is 24.9. The van der Waals surface area contributed by atoms with Crippen molar-refractivity contribution in [2.24, 2.45) is 16.9 Å². The minimum atomic E-state index is -0.921. The van der Waals surface area contributed by atoms with Crippen LogP contribution in [0.2, 0.25) is 10.0 Å². The van der Waals surface area contributed by atoms with Gasteiger partial charge in [-0.05, 0) is 52.5 Å². The molecule has 12 heteroatoms. The molecule has 34 heavy (non-hydrogen) atoms. The number of hydrogen-bond donors (Lipinski definition) is 3. The predicted octanol–water partition coefficient (Wildman–Crippen LogP) is 3.54. The van der Waals surface area contributed by atoms with Crippen LogP contribution in [0.5, 0.6) is 0 Å². The molecule has 0 bridgehead atoms. The molecule has 3 rings (SSSR count). The van der Waals surface area contributed by atoms with Crippen molar-refractivity contribution in [1.29, 1.82) is 0 Å². The quantitative estimate of drug-likeness (QED) is 0.463. The first-order valence-corrected chi connectivity index (χ1v) is 12.0. The summed E-state index contributed by atoms with van der Waals surface area (Å²) in [6.45, 7) is 0.371. The molecule has 1 aromatic heterocycles. The van der Waals surface area contributed by atoms with Gasteiger partial charge in [-0.2, -0.15) is 0 Å². The van der Waals surface area contributed by atoms with Crippen LogP contribution in [0.15, 0.2) is 41.0 Å². The van der Waals surface area contributed by atoms with Gasteiger partial charge in [-0.1, -0.05) is 35.3 Å². The first-order valence-electron chi connectivity index (χ1n) is 10.4. The van der Waals surface area contributed by atoms with Gasteiger partial charge in [0.1, 0.15) is 12.4 Å². The Bertz CT molecular complexity index is 1060. The predicted molar refractivity (Wildman–Crippen MR) is 133 cm³/mol. The van der Waals surface area contributed by atoms with Gasteiger partial charge in [0.05, 0.1) is 22.5 Å². The number of ether oxygens (including phenoxy) is 1. The molecule has 2 aromatic rings. The molecule has 2 heterocycles. The lowest BCUT2D eigenvalue weighted by molar-refractivity contribution is -0.134. The van der Waals surface area contributed by atoms with Gasteiger partial charge >= 0.3 is 6.09 Å². The number of halogens is 3. The summed E-state index contributed by atoms with van der Waals surface area (Å²) in [4.78, 5) is 43.1. The summed E-state index contributed by atoms with van der Waals surface area (Å²) in [6, 6.07) is 8.28. The Kier molecular flexibility index (Phi) is 8.75. The van der Waals surface area contributed by atoms with Crippen molar-refractivity contribution in [3.05, 3.63) is 56.6 Å². The maximum Gasteiger partial charge on any atom is 0.412 e. The number of piperidine rings is 1. The third kappa shape index (κ3) is 5.99. The number of nitrogens with two attached hydrogens (primary N) is 2. The molecule has 1 saturated heterocycles. The van der Waals surface area contributed by atoms with Crippen LogP contribution < -0.4 is 16.8 Å². The number of carbonyl (C=O) groups excluding carboxylic acids is 3. The lowest BCUT2D eigenvalue weighted by Gasteiger charge is -2.45. The molecular weight excluding hydrogens is 549 g/mol. The fourth-order valence-electron chi connectivity index (χ4n) is 4.17. The summed E-state index contributed by atoms with van der Waals surface area (Å²) in [7, 11) is 0. The van der Waals surface area contributed by atoms with Crippen LogP contribution in [0.1, 0.15) is 24.3 Å². The minimum absolute atomic E-state index is 0.120. The van der Waals surface area contributed by atoms with Gasteiger partial charge in [-0.15, -0.1) is 0 Å². The number of likely N-dealkylation sites (tertiary alicyclic amines) is 1. The number of benzene rings is 1. The van der Waals surface area contributed by atoms with E-state index in [-0.39, 0.29) is 29.1 Å². The maximum absolute atomic E-state index is 12.8. The molecule has 0 saturated carbocycles. The Hall–Kier alpha value is -2.40. The fraction of sp³-hybridized carbons (Fsp3) is 0.364. The summed E-state index contributed by atoms with van der Waals surface area (Å²) in [5, 5.41) is 3.03. The molecule has 1 fully saturated rings.